The summed E-state index contributed by atoms with van der Waals surface area (Å²) in [5, 5.41) is 2.52. The van der Waals surface area contributed by atoms with Crippen LogP contribution in [0.1, 0.15) is 5.56 Å². The molecule has 0 aliphatic carbocycles. The van der Waals surface area contributed by atoms with E-state index in [0.717, 1.165) is 4.47 Å². The van der Waals surface area contributed by atoms with Crippen LogP contribution in [0.5, 0.6) is 0 Å². The number of hydrogen-bond acceptors (Lipinski definition) is 3. The van der Waals surface area contributed by atoms with Crippen molar-refractivity contribution < 1.29 is 14.0 Å². The van der Waals surface area contributed by atoms with Crippen LogP contribution in [-0.4, -0.2) is 16.9 Å². The van der Waals surface area contributed by atoms with E-state index in [2.05, 4.69) is 21.2 Å². The van der Waals surface area contributed by atoms with Gasteiger partial charge < -0.3 is 0 Å². The Balaban J connectivity index is 1.99. The molecule has 2 aromatic rings. The third kappa shape index (κ3) is 3.27. The maximum absolute atomic E-state index is 13.0. The molecule has 7 heteroatoms. The maximum Gasteiger partial charge on any atom is 0.270 e. The molecule has 24 heavy (non-hydrogen) atoms. The normalized spacial score (nSPS) is 16.5. The van der Waals surface area contributed by atoms with Gasteiger partial charge in [-0.3, -0.25) is 19.8 Å². The van der Waals surface area contributed by atoms with E-state index >= 15 is 0 Å². The number of thiocarbonyl (C=S) groups is 1. The summed E-state index contributed by atoms with van der Waals surface area (Å²) in [7, 11) is 0. The topological polar surface area (TPSA) is 49.4 Å². The molecular formula is C17H10BrFN2O2S. The average Bonchev–Trinajstić information content (AvgIpc) is 2.55. The Morgan fingerprint density at radius 1 is 1.04 bits per heavy atom. The molecule has 3 rings (SSSR count). The molecule has 0 bridgehead atoms. The molecule has 1 N–H and O–H groups in total. The zero-order chi connectivity index (χ0) is 17.3. The average molecular weight is 405 g/mol. The van der Waals surface area contributed by atoms with Gasteiger partial charge in [-0.2, -0.15) is 0 Å². The SMILES string of the molecule is O=C1NC(=S)N(c2ccc(Br)cc2)C(=O)/C1=C\c1ccc(F)cc1. The van der Waals surface area contributed by atoms with Crippen LogP contribution in [0.4, 0.5) is 10.1 Å². The third-order valence-electron chi connectivity index (χ3n) is 3.37. The molecule has 0 aromatic heterocycles. The summed E-state index contributed by atoms with van der Waals surface area (Å²) in [4.78, 5) is 26.1. The van der Waals surface area contributed by atoms with Crippen LogP contribution in [0, 0.1) is 5.82 Å². The number of nitrogens with zero attached hydrogens (tertiary/aromatic N) is 1. The summed E-state index contributed by atoms with van der Waals surface area (Å²) in [5.41, 5.74) is 1.01. The van der Waals surface area contributed by atoms with Crippen molar-refractivity contribution in [3.8, 4) is 0 Å². The number of halogens is 2. The summed E-state index contributed by atoms with van der Waals surface area (Å²) >= 11 is 8.44. The first-order chi connectivity index (χ1) is 11.5. The summed E-state index contributed by atoms with van der Waals surface area (Å²) in [6.07, 6.45) is 1.41. The highest BCUT2D eigenvalue weighted by Gasteiger charge is 2.34. The lowest BCUT2D eigenvalue weighted by Gasteiger charge is -2.28. The second kappa shape index (κ2) is 6.62. The van der Waals surface area contributed by atoms with Crippen molar-refractivity contribution in [3.05, 3.63) is 70.0 Å². The van der Waals surface area contributed by atoms with E-state index in [1.54, 1.807) is 24.3 Å². The first-order valence-corrected chi connectivity index (χ1v) is 8.08. The Morgan fingerprint density at radius 3 is 2.29 bits per heavy atom. The summed E-state index contributed by atoms with van der Waals surface area (Å²) in [6, 6.07) is 12.4. The van der Waals surface area contributed by atoms with Gasteiger partial charge in [0.15, 0.2) is 5.11 Å². The lowest BCUT2D eigenvalue weighted by atomic mass is 10.1. The van der Waals surface area contributed by atoms with Crippen LogP contribution < -0.4 is 10.2 Å². The van der Waals surface area contributed by atoms with Crippen LogP contribution in [0.2, 0.25) is 0 Å². The Morgan fingerprint density at radius 2 is 1.67 bits per heavy atom. The van der Waals surface area contributed by atoms with Crippen LogP contribution in [0.3, 0.4) is 0 Å². The number of rotatable bonds is 2. The van der Waals surface area contributed by atoms with Gasteiger partial charge in [0.05, 0.1) is 5.69 Å². The van der Waals surface area contributed by atoms with Crippen molar-refractivity contribution in [1.82, 2.24) is 5.32 Å². The molecule has 120 valence electrons. The van der Waals surface area contributed by atoms with Crippen molar-refractivity contribution in [1.29, 1.82) is 0 Å². The molecule has 2 amide bonds. The minimum atomic E-state index is -0.581. The zero-order valence-electron chi connectivity index (χ0n) is 12.1. The van der Waals surface area contributed by atoms with Gasteiger partial charge in [-0.15, -0.1) is 0 Å². The lowest BCUT2D eigenvalue weighted by molar-refractivity contribution is -0.122. The summed E-state index contributed by atoms with van der Waals surface area (Å²) in [5.74, 6) is -1.51. The molecule has 1 aliphatic heterocycles. The second-order valence-corrected chi connectivity index (χ2v) is 6.29. The fourth-order valence-electron chi connectivity index (χ4n) is 2.21. The number of amides is 2. The number of nitrogens with one attached hydrogen (secondary N) is 1. The largest absolute Gasteiger partial charge is 0.298 e. The van der Waals surface area contributed by atoms with Gasteiger partial charge in [0.25, 0.3) is 11.8 Å². The molecule has 0 atom stereocenters. The monoisotopic (exact) mass is 404 g/mol. The number of anilines is 1. The first-order valence-electron chi connectivity index (χ1n) is 6.88. The summed E-state index contributed by atoms with van der Waals surface area (Å²) < 4.78 is 13.8. The molecule has 1 saturated heterocycles. The van der Waals surface area contributed by atoms with Crippen molar-refractivity contribution in [3.63, 3.8) is 0 Å². The number of carbonyl (C=O) groups excluding carboxylic acids is 2. The Labute approximate surface area is 151 Å². The predicted molar refractivity (Wildman–Crippen MR) is 96.7 cm³/mol. The van der Waals surface area contributed by atoms with E-state index in [1.807, 2.05) is 0 Å². The van der Waals surface area contributed by atoms with Crippen molar-refractivity contribution in [2.75, 3.05) is 4.90 Å². The highest BCUT2D eigenvalue weighted by atomic mass is 79.9. The first kappa shape index (κ1) is 16.5. The van der Waals surface area contributed by atoms with Gasteiger partial charge >= 0.3 is 0 Å². The Kier molecular flexibility index (Phi) is 4.55. The number of carbonyl (C=O) groups is 2. The van der Waals surface area contributed by atoms with E-state index in [0.29, 0.717) is 11.3 Å². The molecule has 0 radical (unpaired) electrons. The fourth-order valence-corrected chi connectivity index (χ4v) is 2.75. The second-order valence-electron chi connectivity index (χ2n) is 4.99. The lowest BCUT2D eigenvalue weighted by Crippen LogP contribution is -2.54. The van der Waals surface area contributed by atoms with Crippen molar-refractivity contribution >= 4 is 56.8 Å². The van der Waals surface area contributed by atoms with Gasteiger partial charge in [0.2, 0.25) is 0 Å². The maximum atomic E-state index is 13.0. The molecule has 2 aromatic carbocycles. The van der Waals surface area contributed by atoms with Gasteiger partial charge in [0.1, 0.15) is 11.4 Å². The molecular weight excluding hydrogens is 395 g/mol. The van der Waals surface area contributed by atoms with E-state index in [1.165, 1.54) is 35.2 Å². The zero-order valence-corrected chi connectivity index (χ0v) is 14.5. The van der Waals surface area contributed by atoms with E-state index in [9.17, 15) is 14.0 Å². The Bertz CT molecular complexity index is 863. The van der Waals surface area contributed by atoms with E-state index in [4.69, 9.17) is 12.2 Å². The standard InChI is InChI=1S/C17H10BrFN2O2S/c18-11-3-7-13(8-4-11)21-16(23)14(15(22)20-17(21)24)9-10-1-5-12(19)6-2-10/h1-9H,(H,20,22,24)/b14-9-. The number of hydrogen-bond donors (Lipinski definition) is 1. The minimum absolute atomic E-state index is 0.0172. The highest BCUT2D eigenvalue weighted by molar-refractivity contribution is 9.10. The minimum Gasteiger partial charge on any atom is -0.298 e. The van der Waals surface area contributed by atoms with E-state index in [-0.39, 0.29) is 10.7 Å². The highest BCUT2D eigenvalue weighted by Crippen LogP contribution is 2.23. The van der Waals surface area contributed by atoms with Gasteiger partial charge in [-0.25, -0.2) is 4.39 Å². The van der Waals surface area contributed by atoms with Crippen LogP contribution in [0.15, 0.2) is 58.6 Å². The fraction of sp³-hybridized carbons (Fsp3) is 0. The number of benzene rings is 2. The van der Waals surface area contributed by atoms with Crippen LogP contribution >= 0.6 is 28.1 Å². The van der Waals surface area contributed by atoms with Crippen LogP contribution in [0.25, 0.3) is 6.08 Å². The molecule has 1 fully saturated rings. The van der Waals surface area contributed by atoms with Crippen LogP contribution in [-0.2, 0) is 9.59 Å². The van der Waals surface area contributed by atoms with Gasteiger partial charge in [-0.1, -0.05) is 28.1 Å². The van der Waals surface area contributed by atoms with Crippen molar-refractivity contribution in [2.24, 2.45) is 0 Å². The smallest absolute Gasteiger partial charge is 0.270 e. The molecule has 0 spiro atoms. The van der Waals surface area contributed by atoms with Gasteiger partial charge in [0, 0.05) is 4.47 Å². The molecule has 1 heterocycles. The quantitative estimate of drug-likeness (QED) is 0.473. The van der Waals surface area contributed by atoms with E-state index < -0.39 is 17.6 Å². The van der Waals surface area contributed by atoms with Crippen molar-refractivity contribution in [2.45, 2.75) is 0 Å². The third-order valence-corrected chi connectivity index (χ3v) is 4.18. The molecule has 1 aliphatic rings. The molecule has 0 unspecified atom stereocenters. The Hall–Kier alpha value is -2.38. The molecule has 4 nitrogen and oxygen atoms in total. The molecule has 0 saturated carbocycles. The summed E-state index contributed by atoms with van der Waals surface area (Å²) in [6.45, 7) is 0. The predicted octanol–water partition coefficient (Wildman–Crippen LogP) is 3.42. The van der Waals surface area contributed by atoms with Gasteiger partial charge in [-0.05, 0) is 60.3 Å².